The van der Waals surface area contributed by atoms with Crippen molar-refractivity contribution < 1.29 is 27.5 Å². The molecule has 2 N–H and O–H groups in total. The second-order valence-electron chi connectivity index (χ2n) is 7.12. The molecule has 0 aromatic heterocycles. The Hall–Kier alpha value is -3.21. The first-order valence-electron chi connectivity index (χ1n) is 9.94. The first-order chi connectivity index (χ1) is 15.7. The number of halogens is 1. The van der Waals surface area contributed by atoms with Crippen LogP contribution in [0.15, 0.2) is 60.0 Å². The lowest BCUT2D eigenvalue weighted by Gasteiger charge is -2.28. The van der Waals surface area contributed by atoms with Crippen molar-refractivity contribution in [3.05, 3.63) is 76.8 Å². The first kappa shape index (κ1) is 24.4. The van der Waals surface area contributed by atoms with Crippen LogP contribution >= 0.6 is 11.6 Å². The highest BCUT2D eigenvalue weighted by Crippen LogP contribution is 2.27. The van der Waals surface area contributed by atoms with Crippen LogP contribution in [0.3, 0.4) is 0 Å². The van der Waals surface area contributed by atoms with Crippen molar-refractivity contribution in [3.63, 3.8) is 0 Å². The van der Waals surface area contributed by atoms with Crippen molar-refractivity contribution in [1.82, 2.24) is 14.9 Å². The molecule has 0 spiro atoms. The number of sulfonamides is 1. The lowest BCUT2D eigenvalue weighted by atomic mass is 10.0. The van der Waals surface area contributed by atoms with Gasteiger partial charge in [-0.3, -0.25) is 10.1 Å². The third kappa shape index (κ3) is 5.98. The minimum absolute atomic E-state index is 0.0351. The number of ether oxygens (including phenoxy) is 1. The van der Waals surface area contributed by atoms with Crippen LogP contribution < -0.4 is 10.6 Å². The highest BCUT2D eigenvalue weighted by Gasteiger charge is 2.29. The van der Waals surface area contributed by atoms with E-state index in [1.165, 1.54) is 22.5 Å². The molecule has 3 amide bonds. The molecule has 0 fully saturated rings. The highest BCUT2D eigenvalue weighted by molar-refractivity contribution is 7.89. The predicted molar refractivity (Wildman–Crippen MR) is 121 cm³/mol. The van der Waals surface area contributed by atoms with Gasteiger partial charge in [-0.2, -0.15) is 4.31 Å². The number of carbonyl (C=O) groups excluding carboxylic acids is 3. The number of amides is 3. The number of nitrogens with one attached hydrogen (secondary N) is 2. The molecule has 33 heavy (non-hydrogen) atoms. The monoisotopic (exact) mass is 491 g/mol. The van der Waals surface area contributed by atoms with Crippen LogP contribution in [0.2, 0.25) is 5.02 Å². The second kappa shape index (κ2) is 10.6. The lowest BCUT2D eigenvalue weighted by molar-refractivity contribution is -0.123. The number of urea groups is 1. The van der Waals surface area contributed by atoms with E-state index in [-0.39, 0.29) is 28.6 Å². The van der Waals surface area contributed by atoms with Gasteiger partial charge in [0.2, 0.25) is 10.0 Å². The molecule has 2 aromatic carbocycles. The Morgan fingerprint density at radius 2 is 1.88 bits per heavy atom. The molecule has 0 saturated heterocycles. The molecule has 174 valence electrons. The van der Waals surface area contributed by atoms with Crippen molar-refractivity contribution in [2.75, 3.05) is 19.7 Å². The predicted octanol–water partition coefficient (Wildman–Crippen LogP) is 2.26. The zero-order valence-corrected chi connectivity index (χ0v) is 19.1. The minimum atomic E-state index is -3.91. The largest absolute Gasteiger partial charge is 0.452 e. The topological polar surface area (TPSA) is 122 Å². The third-order valence-electron chi connectivity index (χ3n) is 4.89. The molecule has 0 aliphatic carbocycles. The number of benzene rings is 2. The Balaban J connectivity index is 1.70. The van der Waals surface area contributed by atoms with Crippen LogP contribution in [0.5, 0.6) is 0 Å². The molecule has 0 saturated carbocycles. The summed E-state index contributed by atoms with van der Waals surface area (Å²) in [5, 5.41) is 4.27. The van der Waals surface area contributed by atoms with E-state index >= 15 is 0 Å². The number of hydrogen-bond donors (Lipinski definition) is 2. The molecule has 0 unspecified atom stereocenters. The van der Waals surface area contributed by atoms with Crippen molar-refractivity contribution in [3.8, 4) is 0 Å². The van der Waals surface area contributed by atoms with Crippen LogP contribution in [0.25, 0.3) is 0 Å². The number of esters is 1. The van der Waals surface area contributed by atoms with Crippen LogP contribution in [0.4, 0.5) is 4.79 Å². The van der Waals surface area contributed by atoms with Gasteiger partial charge in [0, 0.05) is 19.6 Å². The molecule has 3 rings (SSSR count). The van der Waals surface area contributed by atoms with Crippen molar-refractivity contribution >= 4 is 39.5 Å². The van der Waals surface area contributed by atoms with Gasteiger partial charge in [0.25, 0.3) is 5.91 Å². The van der Waals surface area contributed by atoms with E-state index in [0.717, 1.165) is 17.2 Å². The second-order valence-corrected chi connectivity index (χ2v) is 9.47. The minimum Gasteiger partial charge on any atom is -0.452 e. The average molecular weight is 492 g/mol. The Labute approximate surface area is 196 Å². The van der Waals surface area contributed by atoms with E-state index in [4.69, 9.17) is 16.3 Å². The highest BCUT2D eigenvalue weighted by atomic mass is 35.5. The summed E-state index contributed by atoms with van der Waals surface area (Å²) in [6.07, 6.45) is 2.00. The van der Waals surface area contributed by atoms with Gasteiger partial charge >= 0.3 is 12.0 Å². The van der Waals surface area contributed by atoms with Crippen molar-refractivity contribution in [2.24, 2.45) is 0 Å². The van der Waals surface area contributed by atoms with Crippen molar-refractivity contribution in [1.29, 1.82) is 0 Å². The maximum absolute atomic E-state index is 13.2. The molecule has 0 atom stereocenters. The summed E-state index contributed by atoms with van der Waals surface area (Å²) in [6.45, 7) is 3.34. The van der Waals surface area contributed by atoms with Gasteiger partial charge in [-0.1, -0.05) is 41.9 Å². The maximum Gasteiger partial charge on any atom is 0.340 e. The van der Waals surface area contributed by atoms with E-state index in [0.29, 0.717) is 13.0 Å². The maximum atomic E-state index is 13.2. The van der Waals surface area contributed by atoms with E-state index in [2.05, 4.69) is 11.9 Å². The zero-order chi connectivity index (χ0) is 24.0. The first-order valence-corrected chi connectivity index (χ1v) is 11.8. The van der Waals surface area contributed by atoms with Gasteiger partial charge in [0.05, 0.1) is 15.5 Å². The van der Waals surface area contributed by atoms with E-state index in [1.807, 2.05) is 29.6 Å². The normalized spacial score (nSPS) is 13.5. The molecular formula is C22H22ClN3O6S. The molecule has 9 nitrogen and oxygen atoms in total. The Kier molecular flexibility index (Phi) is 7.85. The van der Waals surface area contributed by atoms with Crippen LogP contribution in [0, 0.1) is 0 Å². The number of fused-ring (bicyclic) bond motifs is 1. The number of imide groups is 1. The van der Waals surface area contributed by atoms with Crippen LogP contribution in [-0.4, -0.2) is 50.3 Å². The average Bonchev–Trinajstić information content (AvgIpc) is 2.81. The molecule has 11 heteroatoms. The summed E-state index contributed by atoms with van der Waals surface area (Å²) in [6, 6.07) is 10.6. The van der Waals surface area contributed by atoms with E-state index in [9.17, 15) is 22.8 Å². The van der Waals surface area contributed by atoms with E-state index < -0.39 is 34.5 Å². The summed E-state index contributed by atoms with van der Waals surface area (Å²) in [5.74, 6) is -1.86. The van der Waals surface area contributed by atoms with Crippen molar-refractivity contribution in [2.45, 2.75) is 17.9 Å². The number of nitrogens with zero attached hydrogens (tertiary/aromatic N) is 1. The zero-order valence-electron chi connectivity index (χ0n) is 17.5. The molecule has 0 radical (unpaired) electrons. The molecule has 0 bridgehead atoms. The fraction of sp³-hybridized carbons (Fsp3) is 0.227. The summed E-state index contributed by atoms with van der Waals surface area (Å²) in [7, 11) is -3.91. The molecule has 2 aromatic rings. The van der Waals surface area contributed by atoms with Gasteiger partial charge in [-0.05, 0) is 35.7 Å². The standard InChI is InChI=1S/C22H22ClN3O6S/c1-2-10-24-22(29)25-20(27)14-32-21(28)18-12-17(7-8-19(18)23)33(30,31)26-11-9-15-5-3-4-6-16(15)13-26/h2-8,12H,1,9-11,13-14H2,(H2,24,25,27,29). The SMILES string of the molecule is C=CCNC(=O)NC(=O)COC(=O)c1cc(S(=O)(=O)N2CCc3ccccc3C2)ccc1Cl. The molecule has 1 heterocycles. The Bertz CT molecular complexity index is 1200. The Morgan fingerprint density at radius 3 is 2.61 bits per heavy atom. The smallest absolute Gasteiger partial charge is 0.340 e. The summed E-state index contributed by atoms with van der Waals surface area (Å²) in [4.78, 5) is 35.5. The number of carbonyl (C=O) groups is 3. The summed E-state index contributed by atoms with van der Waals surface area (Å²) >= 11 is 6.07. The lowest BCUT2D eigenvalue weighted by Crippen LogP contribution is -2.41. The third-order valence-corrected chi connectivity index (χ3v) is 7.06. The van der Waals surface area contributed by atoms with Crippen LogP contribution in [0.1, 0.15) is 21.5 Å². The summed E-state index contributed by atoms with van der Waals surface area (Å²) < 4.78 is 32.6. The fourth-order valence-corrected chi connectivity index (χ4v) is 4.87. The van der Waals surface area contributed by atoms with Gasteiger partial charge in [-0.25, -0.2) is 18.0 Å². The van der Waals surface area contributed by atoms with Gasteiger partial charge in [-0.15, -0.1) is 6.58 Å². The van der Waals surface area contributed by atoms with Gasteiger partial charge in [0.15, 0.2) is 6.61 Å². The van der Waals surface area contributed by atoms with Crippen LogP contribution in [-0.2, 0) is 32.5 Å². The van der Waals surface area contributed by atoms with Gasteiger partial charge < -0.3 is 10.1 Å². The van der Waals surface area contributed by atoms with Gasteiger partial charge in [0.1, 0.15) is 0 Å². The molecule has 1 aliphatic rings. The quantitative estimate of drug-likeness (QED) is 0.452. The Morgan fingerprint density at radius 1 is 1.15 bits per heavy atom. The number of hydrogen-bond acceptors (Lipinski definition) is 6. The van der Waals surface area contributed by atoms with E-state index in [1.54, 1.807) is 0 Å². The molecular weight excluding hydrogens is 470 g/mol. The fourth-order valence-electron chi connectivity index (χ4n) is 3.23. The summed E-state index contributed by atoms with van der Waals surface area (Å²) in [5.41, 5.74) is 1.81. The molecule has 1 aliphatic heterocycles. The number of rotatable bonds is 7.